The fraction of sp³-hybridized carbons (Fsp3) is 0.120. The molecule has 4 rings (SSSR count). The fourth-order valence-corrected chi connectivity index (χ4v) is 4.27. The van der Waals surface area contributed by atoms with Gasteiger partial charge < -0.3 is 9.88 Å². The third-order valence-corrected chi connectivity index (χ3v) is 6.01. The number of hydrogen-bond acceptors (Lipinski definition) is 3. The fourth-order valence-electron chi connectivity index (χ4n) is 3.63. The summed E-state index contributed by atoms with van der Waals surface area (Å²) in [5.74, 6) is -0.360. The number of carbonyl (C=O) groups is 1. The molecule has 0 atom stereocenters. The van der Waals surface area contributed by atoms with Gasteiger partial charge in [0, 0.05) is 22.0 Å². The number of benzene rings is 2. The van der Waals surface area contributed by atoms with Crippen LogP contribution in [0, 0.1) is 25.2 Å². The number of aryl methyl sites for hydroxylation is 1. The van der Waals surface area contributed by atoms with Crippen LogP contribution >= 0.6 is 11.3 Å². The summed E-state index contributed by atoms with van der Waals surface area (Å²) in [6, 6.07) is 22.6. The number of aromatic nitrogens is 1. The third kappa shape index (κ3) is 3.91. The van der Waals surface area contributed by atoms with Crippen LogP contribution in [0.1, 0.15) is 21.8 Å². The zero-order valence-electron chi connectivity index (χ0n) is 16.8. The highest BCUT2D eigenvalue weighted by molar-refractivity contribution is 7.09. The van der Waals surface area contributed by atoms with Crippen LogP contribution in [0.25, 0.3) is 22.5 Å². The molecule has 0 aliphatic carbocycles. The molecule has 148 valence electrons. The molecule has 0 aliphatic rings. The van der Waals surface area contributed by atoms with E-state index in [0.717, 1.165) is 27.5 Å². The third-order valence-electron chi connectivity index (χ3n) is 5.13. The number of nitrogens with one attached hydrogen (secondary N) is 1. The minimum absolute atomic E-state index is 0.102. The minimum atomic E-state index is -0.360. The Kier molecular flexibility index (Phi) is 5.51. The molecule has 4 aromatic rings. The number of thiophene rings is 1. The molecular formula is C25H21N3OS. The molecule has 1 amide bonds. The average Bonchev–Trinajstić information content (AvgIpc) is 3.37. The first-order chi connectivity index (χ1) is 14.6. The zero-order chi connectivity index (χ0) is 21.1. The van der Waals surface area contributed by atoms with E-state index >= 15 is 0 Å². The number of hydrogen-bond donors (Lipinski definition) is 1. The van der Waals surface area contributed by atoms with Gasteiger partial charge in [0.25, 0.3) is 5.91 Å². The standard InChI is InChI=1S/C25H21N3OS/c1-17-12-21(13-22(15-26)25(29)27-16-24-8-5-11-30-24)18(2)28(17)23-10-9-19-6-3-4-7-20(19)14-23/h3-14H,16H2,1-2H3,(H,27,29)/b22-13+. The second kappa shape index (κ2) is 8.40. The number of carbonyl (C=O) groups excluding carboxylic acids is 1. The Bertz CT molecular complexity index is 1290. The van der Waals surface area contributed by atoms with Crippen LogP contribution in [0.4, 0.5) is 0 Å². The van der Waals surface area contributed by atoms with Crippen LogP contribution in [0.3, 0.4) is 0 Å². The first-order valence-electron chi connectivity index (χ1n) is 9.67. The van der Waals surface area contributed by atoms with Crippen molar-refractivity contribution in [1.29, 1.82) is 5.26 Å². The van der Waals surface area contributed by atoms with Gasteiger partial charge in [0.05, 0.1) is 6.54 Å². The lowest BCUT2D eigenvalue weighted by atomic mass is 10.1. The molecule has 0 radical (unpaired) electrons. The van der Waals surface area contributed by atoms with Crippen LogP contribution in [0.2, 0.25) is 0 Å². The van der Waals surface area contributed by atoms with E-state index in [0.29, 0.717) is 6.54 Å². The van der Waals surface area contributed by atoms with Gasteiger partial charge in [0.1, 0.15) is 11.6 Å². The molecule has 0 unspecified atom stereocenters. The smallest absolute Gasteiger partial charge is 0.262 e. The number of fused-ring (bicyclic) bond motifs is 1. The van der Waals surface area contributed by atoms with Crippen molar-refractivity contribution >= 4 is 34.1 Å². The van der Waals surface area contributed by atoms with Gasteiger partial charge in [0.2, 0.25) is 0 Å². The highest BCUT2D eigenvalue weighted by Crippen LogP contribution is 2.25. The van der Waals surface area contributed by atoms with Crippen molar-refractivity contribution in [2.24, 2.45) is 0 Å². The maximum Gasteiger partial charge on any atom is 0.262 e. The lowest BCUT2D eigenvalue weighted by Crippen LogP contribution is -2.23. The lowest BCUT2D eigenvalue weighted by molar-refractivity contribution is -0.117. The summed E-state index contributed by atoms with van der Waals surface area (Å²) in [4.78, 5) is 13.5. The molecule has 0 aliphatic heterocycles. The molecule has 2 heterocycles. The van der Waals surface area contributed by atoms with Gasteiger partial charge in [-0.25, -0.2) is 0 Å². The summed E-state index contributed by atoms with van der Waals surface area (Å²) in [7, 11) is 0. The van der Waals surface area contributed by atoms with Gasteiger partial charge in [-0.2, -0.15) is 5.26 Å². The summed E-state index contributed by atoms with van der Waals surface area (Å²) in [5.41, 5.74) is 4.06. The number of amides is 1. The Morgan fingerprint density at radius 3 is 2.63 bits per heavy atom. The van der Waals surface area contributed by atoms with Gasteiger partial charge in [-0.05, 0) is 65.9 Å². The van der Waals surface area contributed by atoms with Crippen molar-refractivity contribution in [3.8, 4) is 11.8 Å². The highest BCUT2D eigenvalue weighted by Gasteiger charge is 2.14. The molecule has 0 spiro atoms. The van der Waals surface area contributed by atoms with Crippen molar-refractivity contribution in [2.45, 2.75) is 20.4 Å². The molecule has 4 nitrogen and oxygen atoms in total. The van der Waals surface area contributed by atoms with Crippen LogP contribution in [0.15, 0.2) is 71.6 Å². The Labute approximate surface area is 179 Å². The van der Waals surface area contributed by atoms with Gasteiger partial charge in [-0.15, -0.1) is 11.3 Å². The molecular weight excluding hydrogens is 390 g/mol. The van der Waals surface area contributed by atoms with E-state index in [1.165, 1.54) is 10.8 Å². The zero-order valence-corrected chi connectivity index (χ0v) is 17.7. The molecule has 0 saturated carbocycles. The van der Waals surface area contributed by atoms with Crippen molar-refractivity contribution in [2.75, 3.05) is 0 Å². The van der Waals surface area contributed by atoms with Gasteiger partial charge in [-0.3, -0.25) is 4.79 Å². The van der Waals surface area contributed by atoms with E-state index < -0.39 is 0 Å². The summed E-state index contributed by atoms with van der Waals surface area (Å²) < 4.78 is 2.15. The van der Waals surface area contributed by atoms with Gasteiger partial charge in [-0.1, -0.05) is 36.4 Å². The first-order valence-corrected chi connectivity index (χ1v) is 10.6. The molecule has 2 aromatic carbocycles. The number of rotatable bonds is 5. The van der Waals surface area contributed by atoms with E-state index in [2.05, 4.69) is 40.2 Å². The van der Waals surface area contributed by atoms with E-state index in [1.54, 1.807) is 17.4 Å². The van der Waals surface area contributed by atoms with Crippen molar-refractivity contribution in [3.05, 3.63) is 93.4 Å². The molecule has 1 N–H and O–H groups in total. The van der Waals surface area contributed by atoms with Crippen LogP contribution in [-0.4, -0.2) is 10.5 Å². The number of nitriles is 1. The predicted molar refractivity (Wildman–Crippen MR) is 123 cm³/mol. The molecule has 0 saturated heterocycles. The Morgan fingerprint density at radius 2 is 1.90 bits per heavy atom. The topological polar surface area (TPSA) is 57.8 Å². The van der Waals surface area contributed by atoms with E-state index in [9.17, 15) is 10.1 Å². The Balaban J connectivity index is 1.64. The van der Waals surface area contributed by atoms with Crippen LogP contribution < -0.4 is 5.32 Å². The monoisotopic (exact) mass is 411 g/mol. The maximum atomic E-state index is 12.5. The van der Waals surface area contributed by atoms with E-state index in [-0.39, 0.29) is 11.5 Å². The first kappa shape index (κ1) is 19.7. The summed E-state index contributed by atoms with van der Waals surface area (Å²) >= 11 is 1.57. The lowest BCUT2D eigenvalue weighted by Gasteiger charge is -2.11. The van der Waals surface area contributed by atoms with E-state index in [4.69, 9.17) is 0 Å². The van der Waals surface area contributed by atoms with Crippen molar-refractivity contribution in [3.63, 3.8) is 0 Å². The molecule has 0 fully saturated rings. The molecule has 5 heteroatoms. The van der Waals surface area contributed by atoms with E-state index in [1.807, 2.05) is 55.6 Å². The summed E-state index contributed by atoms with van der Waals surface area (Å²) in [6.45, 7) is 4.46. The van der Waals surface area contributed by atoms with Crippen LogP contribution in [0.5, 0.6) is 0 Å². The highest BCUT2D eigenvalue weighted by atomic mass is 32.1. The van der Waals surface area contributed by atoms with Crippen molar-refractivity contribution in [1.82, 2.24) is 9.88 Å². The number of nitrogens with zero attached hydrogens (tertiary/aromatic N) is 2. The van der Waals surface area contributed by atoms with Crippen molar-refractivity contribution < 1.29 is 4.79 Å². The predicted octanol–water partition coefficient (Wildman–Crippen LogP) is 5.53. The van der Waals surface area contributed by atoms with Crippen LogP contribution in [-0.2, 0) is 11.3 Å². The normalized spacial score (nSPS) is 11.4. The minimum Gasteiger partial charge on any atom is -0.347 e. The quantitative estimate of drug-likeness (QED) is 0.347. The second-order valence-corrected chi connectivity index (χ2v) is 8.16. The molecule has 0 bridgehead atoms. The Hall–Kier alpha value is -3.62. The molecule has 30 heavy (non-hydrogen) atoms. The Morgan fingerprint density at radius 1 is 1.10 bits per heavy atom. The van der Waals surface area contributed by atoms with Gasteiger partial charge >= 0.3 is 0 Å². The SMILES string of the molecule is Cc1cc(/C=C(\C#N)C(=O)NCc2cccs2)c(C)n1-c1ccc2ccccc2c1. The second-order valence-electron chi connectivity index (χ2n) is 7.13. The maximum absolute atomic E-state index is 12.5. The molecule has 2 aromatic heterocycles. The average molecular weight is 412 g/mol. The summed E-state index contributed by atoms with van der Waals surface area (Å²) in [5, 5.41) is 16.7. The van der Waals surface area contributed by atoms with Gasteiger partial charge in [0.15, 0.2) is 0 Å². The summed E-state index contributed by atoms with van der Waals surface area (Å²) in [6.07, 6.45) is 1.67. The largest absolute Gasteiger partial charge is 0.347 e.